The van der Waals surface area contributed by atoms with Crippen molar-refractivity contribution in [2.24, 2.45) is 0 Å². The number of carbonyl (C=O) groups excluding carboxylic acids is 2. The van der Waals surface area contributed by atoms with E-state index in [1.807, 2.05) is 37.3 Å². The minimum absolute atomic E-state index is 0.250. The van der Waals surface area contributed by atoms with Gasteiger partial charge in [-0.15, -0.1) is 11.8 Å². The summed E-state index contributed by atoms with van der Waals surface area (Å²) in [7, 11) is 1.65. The Kier molecular flexibility index (Phi) is 10.2. The number of aryl methyl sites for hydroxylation is 1. The van der Waals surface area contributed by atoms with Crippen molar-refractivity contribution in [3.63, 3.8) is 0 Å². The fourth-order valence-corrected chi connectivity index (χ4v) is 4.70. The molecule has 4 aromatic rings. The first kappa shape index (κ1) is 28.6. The minimum Gasteiger partial charge on any atom is -0.496 e. The van der Waals surface area contributed by atoms with Gasteiger partial charge < -0.3 is 9.47 Å². The summed E-state index contributed by atoms with van der Waals surface area (Å²) in [5.74, 6) is 1.90. The molecule has 38 heavy (non-hydrogen) atoms. The van der Waals surface area contributed by atoms with E-state index >= 15 is 0 Å². The molecule has 0 aliphatic carbocycles. The van der Waals surface area contributed by atoms with E-state index in [2.05, 4.69) is 36.4 Å². The van der Waals surface area contributed by atoms with Crippen LogP contribution in [0, 0.1) is 6.92 Å². The van der Waals surface area contributed by atoms with Crippen LogP contribution < -0.4 is 9.47 Å². The number of thioether (sulfide) groups is 1. The van der Waals surface area contributed by atoms with Crippen LogP contribution in [0.2, 0.25) is 0 Å². The third-order valence-corrected chi connectivity index (χ3v) is 6.68. The van der Waals surface area contributed by atoms with E-state index in [-0.39, 0.29) is 12.8 Å². The van der Waals surface area contributed by atoms with E-state index in [0.717, 1.165) is 50.3 Å². The smallest absolute Gasteiger partial charge is 0.416 e. The topological polar surface area (TPSA) is 52.6 Å². The van der Waals surface area contributed by atoms with E-state index < -0.39 is 11.7 Å². The van der Waals surface area contributed by atoms with Crippen LogP contribution in [0.4, 0.5) is 13.2 Å². The van der Waals surface area contributed by atoms with E-state index in [1.165, 1.54) is 12.1 Å². The molecule has 0 saturated carbocycles. The highest BCUT2D eigenvalue weighted by atomic mass is 32.2. The first-order valence-electron chi connectivity index (χ1n) is 11.5. The second-order valence-corrected chi connectivity index (χ2v) is 9.23. The Hall–Kier alpha value is -4.00. The average molecular weight is 539 g/mol. The maximum Gasteiger partial charge on any atom is 0.416 e. The number of ether oxygens (including phenoxy) is 2. The quantitative estimate of drug-likeness (QED) is 0.214. The zero-order chi connectivity index (χ0) is 27.5. The van der Waals surface area contributed by atoms with E-state index in [4.69, 9.17) is 19.1 Å². The van der Waals surface area contributed by atoms with Gasteiger partial charge in [0.2, 0.25) is 0 Å². The Morgan fingerprint density at radius 2 is 1.63 bits per heavy atom. The highest BCUT2D eigenvalue weighted by Crippen LogP contribution is 2.31. The molecule has 4 aromatic carbocycles. The Bertz CT molecular complexity index is 1420. The van der Waals surface area contributed by atoms with Crippen molar-refractivity contribution in [3.05, 3.63) is 107 Å². The van der Waals surface area contributed by atoms with Crippen molar-refractivity contribution in [2.75, 3.05) is 19.5 Å². The van der Waals surface area contributed by atoms with Gasteiger partial charge in [0.05, 0.1) is 12.7 Å². The van der Waals surface area contributed by atoms with Crippen LogP contribution in [0.15, 0.2) is 95.4 Å². The highest BCUT2D eigenvalue weighted by Gasteiger charge is 2.30. The maximum atomic E-state index is 12.9. The molecule has 0 spiro atoms. The molecule has 8 heteroatoms. The van der Waals surface area contributed by atoms with Gasteiger partial charge in [-0.3, -0.25) is 0 Å². The number of benzene rings is 4. The fourth-order valence-electron chi connectivity index (χ4n) is 3.75. The Balaban J connectivity index is 0.00000127. The fraction of sp³-hybridized carbons (Fsp3) is 0.167. The predicted molar refractivity (Wildman–Crippen MR) is 142 cm³/mol. The first-order valence-corrected chi connectivity index (χ1v) is 12.5. The largest absolute Gasteiger partial charge is 0.496 e. The van der Waals surface area contributed by atoms with Crippen LogP contribution in [0.25, 0.3) is 16.8 Å². The van der Waals surface area contributed by atoms with Crippen LogP contribution in [-0.4, -0.2) is 25.6 Å². The molecule has 0 aliphatic rings. The van der Waals surface area contributed by atoms with Crippen molar-refractivity contribution in [3.8, 4) is 11.5 Å². The summed E-state index contributed by atoms with van der Waals surface area (Å²) in [4.78, 5) is 17.3. The van der Waals surface area contributed by atoms with Crippen LogP contribution >= 0.6 is 11.8 Å². The van der Waals surface area contributed by atoms with Gasteiger partial charge in [0.15, 0.2) is 0 Å². The normalized spacial score (nSPS) is 11.3. The molecule has 0 bridgehead atoms. The third kappa shape index (κ3) is 8.00. The molecule has 0 aromatic heterocycles. The lowest BCUT2D eigenvalue weighted by Gasteiger charge is -2.13. The number of alkyl halides is 3. The lowest BCUT2D eigenvalue weighted by molar-refractivity contribution is -0.191. The van der Waals surface area contributed by atoms with Gasteiger partial charge in [0.25, 0.3) is 0 Å². The van der Waals surface area contributed by atoms with Crippen LogP contribution in [0.5, 0.6) is 11.5 Å². The van der Waals surface area contributed by atoms with E-state index in [0.29, 0.717) is 11.5 Å². The average Bonchev–Trinajstić information content (AvgIpc) is 2.90. The van der Waals surface area contributed by atoms with Crippen molar-refractivity contribution >= 4 is 34.8 Å². The zero-order valence-electron chi connectivity index (χ0n) is 20.7. The minimum atomic E-state index is -4.37. The first-order chi connectivity index (χ1) is 18.2. The monoisotopic (exact) mass is 538 g/mol. The Morgan fingerprint density at radius 3 is 2.29 bits per heavy atom. The van der Waals surface area contributed by atoms with Gasteiger partial charge in [0.1, 0.15) is 18.1 Å². The molecule has 0 atom stereocenters. The molecule has 0 aliphatic heterocycles. The number of rotatable bonds is 8. The van der Waals surface area contributed by atoms with E-state index in [1.54, 1.807) is 18.9 Å². The van der Waals surface area contributed by atoms with Crippen LogP contribution in [0.1, 0.15) is 16.7 Å². The standard InChI is InChI=1S/C29H25F3O2S.CO2/c1-20-16-26(14-15-28(20)33-2)35-19-21(17-23-8-5-7-22-6-3-4-9-27(22)23)18-34-25-12-10-24(11-13-25)29(30,31)32;2-1-3/h3-17H,18-19H2,1-2H3;. The van der Waals surface area contributed by atoms with Gasteiger partial charge in [-0.2, -0.15) is 22.8 Å². The van der Waals surface area contributed by atoms with Gasteiger partial charge in [-0.05, 0) is 76.9 Å². The summed E-state index contributed by atoms with van der Waals surface area (Å²) < 4.78 is 49.9. The molecular weight excluding hydrogens is 513 g/mol. The highest BCUT2D eigenvalue weighted by molar-refractivity contribution is 7.99. The van der Waals surface area contributed by atoms with Crippen molar-refractivity contribution in [1.29, 1.82) is 0 Å². The molecule has 0 amide bonds. The maximum absolute atomic E-state index is 12.9. The molecular formula is C30H25F3O4S. The molecule has 0 heterocycles. The summed E-state index contributed by atoms with van der Waals surface area (Å²) in [6.07, 6.45) is -2.01. The van der Waals surface area contributed by atoms with E-state index in [9.17, 15) is 13.2 Å². The van der Waals surface area contributed by atoms with Crippen LogP contribution in [-0.2, 0) is 15.8 Å². The lowest BCUT2D eigenvalue weighted by atomic mass is 10.0. The zero-order valence-corrected chi connectivity index (χ0v) is 21.6. The lowest BCUT2D eigenvalue weighted by Crippen LogP contribution is -2.06. The molecule has 0 unspecified atom stereocenters. The van der Waals surface area contributed by atoms with Crippen LogP contribution in [0.3, 0.4) is 0 Å². The summed E-state index contributed by atoms with van der Waals surface area (Å²) in [6.45, 7) is 2.26. The second kappa shape index (κ2) is 13.5. The SMILES string of the molecule is COc1ccc(SCC(=Cc2cccc3ccccc23)COc2ccc(C(F)(F)F)cc2)cc1C.O=C=O. The number of methoxy groups -OCH3 is 1. The molecule has 196 valence electrons. The molecule has 0 fully saturated rings. The predicted octanol–water partition coefficient (Wildman–Crippen LogP) is 7.85. The van der Waals surface area contributed by atoms with Gasteiger partial charge in [0, 0.05) is 10.6 Å². The summed E-state index contributed by atoms with van der Waals surface area (Å²) in [5.41, 5.74) is 2.44. The number of halogens is 3. The Labute approximate surface area is 223 Å². The molecule has 4 rings (SSSR count). The number of hydrogen-bond acceptors (Lipinski definition) is 5. The Morgan fingerprint density at radius 1 is 0.947 bits per heavy atom. The second-order valence-electron chi connectivity index (χ2n) is 8.19. The number of hydrogen-bond donors (Lipinski definition) is 0. The van der Waals surface area contributed by atoms with Crippen molar-refractivity contribution in [1.82, 2.24) is 0 Å². The van der Waals surface area contributed by atoms with Gasteiger partial charge in [-0.25, -0.2) is 0 Å². The molecule has 4 nitrogen and oxygen atoms in total. The van der Waals surface area contributed by atoms with Gasteiger partial charge in [-0.1, -0.05) is 48.5 Å². The molecule has 0 N–H and O–H groups in total. The summed E-state index contributed by atoms with van der Waals surface area (Å²) in [6, 6.07) is 25.1. The van der Waals surface area contributed by atoms with Gasteiger partial charge >= 0.3 is 12.3 Å². The summed E-state index contributed by atoms with van der Waals surface area (Å²) in [5, 5.41) is 2.27. The summed E-state index contributed by atoms with van der Waals surface area (Å²) >= 11 is 1.67. The third-order valence-electron chi connectivity index (χ3n) is 5.58. The molecule has 0 saturated heterocycles. The number of fused-ring (bicyclic) bond motifs is 1. The van der Waals surface area contributed by atoms with Crippen molar-refractivity contribution in [2.45, 2.75) is 18.0 Å². The molecule has 0 radical (unpaired) electrons. The van der Waals surface area contributed by atoms with Crippen molar-refractivity contribution < 1.29 is 32.2 Å².